The number of benzene rings is 2. The summed E-state index contributed by atoms with van der Waals surface area (Å²) >= 11 is 0. The first-order chi connectivity index (χ1) is 13.1. The fourth-order valence-corrected chi connectivity index (χ4v) is 4.18. The van der Waals surface area contributed by atoms with Crippen LogP contribution in [0.2, 0.25) is 0 Å². The van der Waals surface area contributed by atoms with Gasteiger partial charge < -0.3 is 9.67 Å². The van der Waals surface area contributed by atoms with Crippen LogP contribution in [0.25, 0.3) is 11.0 Å². The molecule has 0 aliphatic carbocycles. The zero-order valence-corrected chi connectivity index (χ0v) is 15.7. The van der Waals surface area contributed by atoms with Crippen molar-refractivity contribution in [1.29, 1.82) is 0 Å². The van der Waals surface area contributed by atoms with Crippen molar-refractivity contribution in [3.63, 3.8) is 0 Å². The molecule has 1 aliphatic rings. The number of imidazole rings is 1. The monoisotopic (exact) mass is 367 g/mol. The molecule has 1 saturated heterocycles. The Balaban J connectivity index is 1.51. The van der Waals surface area contributed by atoms with Gasteiger partial charge in [-0.1, -0.05) is 24.3 Å². The Morgan fingerprint density at radius 1 is 1.07 bits per heavy atom. The number of rotatable bonds is 4. The number of para-hydroxylation sites is 2. The predicted molar refractivity (Wildman–Crippen MR) is 105 cm³/mol. The van der Waals surface area contributed by atoms with Crippen molar-refractivity contribution >= 4 is 11.0 Å². The first-order valence-electron chi connectivity index (χ1n) is 9.74. The summed E-state index contributed by atoms with van der Waals surface area (Å²) in [7, 11) is 0. The summed E-state index contributed by atoms with van der Waals surface area (Å²) in [5.74, 6) is 0.807. The standard InChI is InChI=1S/C22H26FN3O/c1-2-26-20-7-4-3-6-19(20)24-21(26)16-25-14-5-12-22(27,13-15-25)17-8-10-18(23)11-9-17/h3-4,6-11,27H,2,5,12-16H2,1H3/t22-/m1/s1. The Bertz CT molecular complexity index is 921. The third-order valence-corrected chi connectivity index (χ3v) is 5.70. The summed E-state index contributed by atoms with van der Waals surface area (Å²) in [5, 5.41) is 11.1. The summed E-state index contributed by atoms with van der Waals surface area (Å²) in [6.07, 6.45) is 2.24. The van der Waals surface area contributed by atoms with E-state index in [-0.39, 0.29) is 5.82 Å². The minimum absolute atomic E-state index is 0.268. The van der Waals surface area contributed by atoms with Crippen LogP contribution in [0.1, 0.15) is 37.6 Å². The zero-order valence-electron chi connectivity index (χ0n) is 15.7. The lowest BCUT2D eigenvalue weighted by Crippen LogP contribution is -2.29. The van der Waals surface area contributed by atoms with Crippen LogP contribution in [0.15, 0.2) is 48.5 Å². The molecule has 0 unspecified atom stereocenters. The van der Waals surface area contributed by atoms with Crippen molar-refractivity contribution in [3.8, 4) is 0 Å². The molecule has 1 atom stereocenters. The average molecular weight is 367 g/mol. The van der Waals surface area contributed by atoms with Crippen LogP contribution in [0.4, 0.5) is 4.39 Å². The van der Waals surface area contributed by atoms with E-state index in [4.69, 9.17) is 4.98 Å². The number of halogens is 1. The molecule has 4 rings (SSSR count). The van der Waals surface area contributed by atoms with Gasteiger partial charge in [-0.2, -0.15) is 0 Å². The van der Waals surface area contributed by atoms with Gasteiger partial charge in [0.05, 0.1) is 23.2 Å². The largest absolute Gasteiger partial charge is 0.385 e. The van der Waals surface area contributed by atoms with Crippen LogP contribution in [0, 0.1) is 5.82 Å². The summed E-state index contributed by atoms with van der Waals surface area (Å²) in [6.45, 7) is 5.54. The number of aromatic nitrogens is 2. The Morgan fingerprint density at radius 2 is 1.85 bits per heavy atom. The van der Waals surface area contributed by atoms with Crippen LogP contribution >= 0.6 is 0 Å². The molecule has 3 aromatic rings. The molecule has 0 spiro atoms. The lowest BCUT2D eigenvalue weighted by Gasteiger charge is -2.27. The van der Waals surface area contributed by atoms with E-state index in [2.05, 4.69) is 34.6 Å². The molecule has 0 amide bonds. The zero-order chi connectivity index (χ0) is 18.9. The smallest absolute Gasteiger partial charge is 0.124 e. The molecular weight excluding hydrogens is 341 g/mol. The van der Waals surface area contributed by atoms with Gasteiger partial charge in [-0.25, -0.2) is 9.37 Å². The fourth-order valence-electron chi connectivity index (χ4n) is 4.18. The highest BCUT2D eigenvalue weighted by molar-refractivity contribution is 5.75. The number of fused-ring (bicyclic) bond motifs is 1. The summed E-state index contributed by atoms with van der Waals surface area (Å²) in [5.41, 5.74) is 2.14. The molecule has 0 saturated carbocycles. The van der Waals surface area contributed by atoms with Gasteiger partial charge in [0.15, 0.2) is 0 Å². The molecule has 2 aromatic carbocycles. The number of aryl methyl sites for hydroxylation is 1. The highest BCUT2D eigenvalue weighted by atomic mass is 19.1. The van der Waals surface area contributed by atoms with Crippen LogP contribution in [0.5, 0.6) is 0 Å². The Hall–Kier alpha value is -2.24. The van der Waals surface area contributed by atoms with E-state index in [0.717, 1.165) is 49.5 Å². The maximum absolute atomic E-state index is 13.2. The van der Waals surface area contributed by atoms with Crippen molar-refractivity contribution in [3.05, 3.63) is 65.7 Å². The maximum atomic E-state index is 13.2. The number of nitrogens with zero attached hydrogens (tertiary/aromatic N) is 3. The number of hydrogen-bond acceptors (Lipinski definition) is 3. The lowest BCUT2D eigenvalue weighted by atomic mass is 9.87. The molecule has 4 nitrogen and oxygen atoms in total. The van der Waals surface area contributed by atoms with Crippen LogP contribution < -0.4 is 0 Å². The molecule has 0 radical (unpaired) electrons. The van der Waals surface area contributed by atoms with Crippen molar-refractivity contribution < 1.29 is 9.50 Å². The average Bonchev–Trinajstić information content (AvgIpc) is 2.91. The van der Waals surface area contributed by atoms with Gasteiger partial charge in [-0.3, -0.25) is 4.90 Å². The highest BCUT2D eigenvalue weighted by Gasteiger charge is 2.32. The normalized spacial score (nSPS) is 21.4. The Labute approximate surface area is 159 Å². The minimum Gasteiger partial charge on any atom is -0.385 e. The first-order valence-corrected chi connectivity index (χ1v) is 9.74. The second kappa shape index (κ2) is 7.41. The first kappa shape index (κ1) is 18.1. The quantitative estimate of drug-likeness (QED) is 0.756. The molecule has 27 heavy (non-hydrogen) atoms. The Morgan fingerprint density at radius 3 is 2.63 bits per heavy atom. The fraction of sp³-hybridized carbons (Fsp3) is 0.409. The van der Waals surface area contributed by atoms with Crippen molar-refractivity contribution in [2.45, 2.75) is 44.9 Å². The molecular formula is C22H26FN3O. The van der Waals surface area contributed by atoms with Crippen LogP contribution in [-0.2, 0) is 18.7 Å². The second-order valence-corrected chi connectivity index (χ2v) is 7.43. The molecule has 0 bridgehead atoms. The van der Waals surface area contributed by atoms with Gasteiger partial charge in [-0.15, -0.1) is 0 Å². The lowest BCUT2D eigenvalue weighted by molar-refractivity contribution is 0.0208. The summed E-state index contributed by atoms with van der Waals surface area (Å²) < 4.78 is 15.5. The molecule has 1 aliphatic heterocycles. The van der Waals surface area contributed by atoms with Gasteiger partial charge in [0.25, 0.3) is 0 Å². The SMILES string of the molecule is CCn1c(CN2CCC[C@](O)(c3ccc(F)cc3)CC2)nc2ccccc21. The van der Waals surface area contributed by atoms with E-state index in [0.29, 0.717) is 12.8 Å². The van der Waals surface area contributed by atoms with E-state index in [1.165, 1.54) is 17.6 Å². The van der Waals surface area contributed by atoms with E-state index in [1.54, 1.807) is 12.1 Å². The van der Waals surface area contributed by atoms with E-state index >= 15 is 0 Å². The van der Waals surface area contributed by atoms with Crippen molar-refractivity contribution in [1.82, 2.24) is 14.5 Å². The minimum atomic E-state index is -0.882. The van der Waals surface area contributed by atoms with Gasteiger partial charge in [0.1, 0.15) is 11.6 Å². The van der Waals surface area contributed by atoms with E-state index in [1.807, 2.05) is 6.07 Å². The number of likely N-dealkylation sites (tertiary alicyclic amines) is 1. The third-order valence-electron chi connectivity index (χ3n) is 5.70. The number of hydrogen-bond donors (Lipinski definition) is 1. The van der Waals surface area contributed by atoms with Crippen molar-refractivity contribution in [2.24, 2.45) is 0 Å². The number of aliphatic hydroxyl groups is 1. The third kappa shape index (κ3) is 3.62. The molecule has 142 valence electrons. The van der Waals surface area contributed by atoms with Gasteiger partial charge >= 0.3 is 0 Å². The van der Waals surface area contributed by atoms with Gasteiger partial charge in [0, 0.05) is 13.1 Å². The molecule has 1 aromatic heterocycles. The summed E-state index contributed by atoms with van der Waals surface area (Å²) in [4.78, 5) is 7.20. The highest BCUT2D eigenvalue weighted by Crippen LogP contribution is 2.33. The van der Waals surface area contributed by atoms with E-state index < -0.39 is 5.60 Å². The molecule has 1 fully saturated rings. The summed E-state index contributed by atoms with van der Waals surface area (Å²) in [6, 6.07) is 14.5. The van der Waals surface area contributed by atoms with E-state index in [9.17, 15) is 9.50 Å². The predicted octanol–water partition coefficient (Wildman–Crippen LogP) is 4.07. The molecule has 2 heterocycles. The topological polar surface area (TPSA) is 41.3 Å². The molecule has 1 N–H and O–H groups in total. The Kier molecular flexibility index (Phi) is 4.98. The van der Waals surface area contributed by atoms with Crippen molar-refractivity contribution in [2.75, 3.05) is 13.1 Å². The second-order valence-electron chi connectivity index (χ2n) is 7.43. The van der Waals surface area contributed by atoms with Gasteiger partial charge in [-0.05, 0) is 62.6 Å². The molecule has 5 heteroatoms. The van der Waals surface area contributed by atoms with Gasteiger partial charge in [0.2, 0.25) is 0 Å². The van der Waals surface area contributed by atoms with Crippen LogP contribution in [-0.4, -0.2) is 32.6 Å². The van der Waals surface area contributed by atoms with Crippen LogP contribution in [0.3, 0.4) is 0 Å². The maximum Gasteiger partial charge on any atom is 0.124 e.